The van der Waals surface area contributed by atoms with Gasteiger partial charge in [0, 0.05) is 16.1 Å². The quantitative estimate of drug-likeness (QED) is 0.732. The average Bonchev–Trinajstić information content (AvgIpc) is 2.28. The lowest BCUT2D eigenvalue weighted by Crippen LogP contribution is -2.04. The minimum Gasteiger partial charge on any atom is -0.289 e. The highest BCUT2D eigenvalue weighted by Gasteiger charge is 2.15. The molecule has 0 N–H and O–H groups in total. The van der Waals surface area contributed by atoms with Gasteiger partial charge in [0.15, 0.2) is 5.78 Å². The van der Waals surface area contributed by atoms with Gasteiger partial charge in [-0.1, -0.05) is 23.2 Å². The zero-order valence-corrected chi connectivity index (χ0v) is 11.0. The minimum absolute atomic E-state index is 0.106. The average molecular weight is 283 g/mol. The van der Waals surface area contributed by atoms with Crippen molar-refractivity contribution < 1.29 is 9.18 Å². The van der Waals surface area contributed by atoms with Crippen LogP contribution in [0.25, 0.3) is 0 Å². The molecule has 0 aromatic heterocycles. The van der Waals surface area contributed by atoms with Crippen LogP contribution in [0.2, 0.25) is 10.0 Å². The number of ketones is 1. The second-order valence-electron chi connectivity index (χ2n) is 3.91. The van der Waals surface area contributed by atoms with E-state index >= 15 is 0 Å². The summed E-state index contributed by atoms with van der Waals surface area (Å²) in [5.41, 5.74) is 1.55. The SMILES string of the molecule is Cc1cc(Cl)ccc1C(=O)c1ccc(F)cc1Cl. The van der Waals surface area contributed by atoms with Crippen molar-refractivity contribution in [2.24, 2.45) is 0 Å². The van der Waals surface area contributed by atoms with Crippen LogP contribution < -0.4 is 0 Å². The second kappa shape index (κ2) is 5.09. The first kappa shape index (κ1) is 13.1. The van der Waals surface area contributed by atoms with Crippen molar-refractivity contribution in [3.63, 3.8) is 0 Å². The van der Waals surface area contributed by atoms with E-state index < -0.39 is 5.82 Å². The lowest BCUT2D eigenvalue weighted by atomic mass is 9.99. The Kier molecular flexibility index (Phi) is 3.69. The van der Waals surface area contributed by atoms with Crippen LogP contribution in [0.5, 0.6) is 0 Å². The molecule has 0 saturated carbocycles. The maximum absolute atomic E-state index is 12.9. The first-order chi connectivity index (χ1) is 8.49. The fraction of sp³-hybridized carbons (Fsp3) is 0.0714. The van der Waals surface area contributed by atoms with E-state index in [2.05, 4.69) is 0 Å². The van der Waals surface area contributed by atoms with Gasteiger partial charge in [0.25, 0.3) is 0 Å². The predicted molar refractivity (Wildman–Crippen MR) is 71.0 cm³/mol. The molecule has 0 radical (unpaired) electrons. The van der Waals surface area contributed by atoms with Gasteiger partial charge < -0.3 is 0 Å². The Morgan fingerprint density at radius 2 is 1.72 bits per heavy atom. The standard InChI is InChI=1S/C14H9Cl2FO/c1-8-6-9(15)2-4-11(8)14(18)12-5-3-10(17)7-13(12)16/h2-7H,1H3. The molecule has 92 valence electrons. The maximum atomic E-state index is 12.9. The number of benzene rings is 2. The molecule has 2 aromatic rings. The van der Waals surface area contributed by atoms with E-state index in [1.165, 1.54) is 12.1 Å². The van der Waals surface area contributed by atoms with Crippen LogP contribution >= 0.6 is 23.2 Å². The first-order valence-corrected chi connectivity index (χ1v) is 6.00. The molecule has 0 spiro atoms. The van der Waals surface area contributed by atoms with Gasteiger partial charge in [-0.25, -0.2) is 4.39 Å². The molecule has 18 heavy (non-hydrogen) atoms. The van der Waals surface area contributed by atoms with Gasteiger partial charge in [-0.15, -0.1) is 0 Å². The van der Waals surface area contributed by atoms with E-state index in [0.29, 0.717) is 10.6 Å². The molecule has 0 aliphatic carbocycles. The number of halogens is 3. The highest BCUT2D eigenvalue weighted by Crippen LogP contribution is 2.23. The van der Waals surface area contributed by atoms with Gasteiger partial charge in [0.05, 0.1) is 5.02 Å². The summed E-state index contributed by atoms with van der Waals surface area (Å²) in [6.07, 6.45) is 0. The van der Waals surface area contributed by atoms with Gasteiger partial charge in [0.1, 0.15) is 5.82 Å². The van der Waals surface area contributed by atoms with Gasteiger partial charge in [-0.3, -0.25) is 4.79 Å². The molecular formula is C14H9Cl2FO. The molecule has 0 bridgehead atoms. The van der Waals surface area contributed by atoms with Crippen molar-refractivity contribution in [3.05, 3.63) is 69.0 Å². The van der Waals surface area contributed by atoms with Crippen LogP contribution in [0, 0.1) is 12.7 Å². The molecule has 0 atom stereocenters. The topological polar surface area (TPSA) is 17.1 Å². The molecule has 0 amide bonds. The van der Waals surface area contributed by atoms with Crippen LogP contribution in [-0.4, -0.2) is 5.78 Å². The Labute approximate surface area is 114 Å². The highest BCUT2D eigenvalue weighted by molar-refractivity contribution is 6.35. The summed E-state index contributed by atoms with van der Waals surface area (Å²) < 4.78 is 12.9. The Balaban J connectivity index is 2.48. The molecule has 2 rings (SSSR count). The maximum Gasteiger partial charge on any atom is 0.194 e. The zero-order chi connectivity index (χ0) is 13.3. The lowest BCUT2D eigenvalue weighted by molar-refractivity contribution is 0.103. The summed E-state index contributed by atoms with van der Waals surface area (Å²) in [4.78, 5) is 12.3. The van der Waals surface area contributed by atoms with Crippen molar-refractivity contribution in [3.8, 4) is 0 Å². The summed E-state index contributed by atoms with van der Waals surface area (Å²) >= 11 is 11.7. The first-order valence-electron chi connectivity index (χ1n) is 5.25. The monoisotopic (exact) mass is 282 g/mol. The predicted octanol–water partition coefficient (Wildman–Crippen LogP) is 4.67. The van der Waals surface area contributed by atoms with E-state index in [1.54, 1.807) is 25.1 Å². The highest BCUT2D eigenvalue weighted by atomic mass is 35.5. The van der Waals surface area contributed by atoms with Crippen molar-refractivity contribution in [2.45, 2.75) is 6.92 Å². The summed E-state index contributed by atoms with van der Waals surface area (Å²) in [5, 5.41) is 0.670. The summed E-state index contributed by atoms with van der Waals surface area (Å²) in [7, 11) is 0. The third-order valence-electron chi connectivity index (χ3n) is 2.61. The zero-order valence-electron chi connectivity index (χ0n) is 9.51. The van der Waals surface area contributed by atoms with Gasteiger partial charge >= 0.3 is 0 Å². The number of carbonyl (C=O) groups is 1. The van der Waals surface area contributed by atoms with Crippen LogP contribution in [0.1, 0.15) is 21.5 Å². The minimum atomic E-state index is -0.468. The normalized spacial score (nSPS) is 10.4. The van der Waals surface area contributed by atoms with Gasteiger partial charge in [0.2, 0.25) is 0 Å². The number of carbonyl (C=O) groups excluding carboxylic acids is 1. The van der Waals surface area contributed by atoms with E-state index in [1.807, 2.05) is 0 Å². The Morgan fingerprint density at radius 3 is 2.33 bits per heavy atom. The molecule has 1 nitrogen and oxygen atoms in total. The Hall–Kier alpha value is -1.38. The summed E-state index contributed by atoms with van der Waals surface area (Å²) in [6, 6.07) is 8.70. The summed E-state index contributed by atoms with van der Waals surface area (Å²) in [5.74, 6) is -0.710. The van der Waals surface area contributed by atoms with Crippen LogP contribution in [-0.2, 0) is 0 Å². The molecule has 0 unspecified atom stereocenters. The largest absolute Gasteiger partial charge is 0.289 e. The fourth-order valence-electron chi connectivity index (χ4n) is 1.70. The third-order valence-corrected chi connectivity index (χ3v) is 3.16. The number of hydrogen-bond donors (Lipinski definition) is 0. The molecule has 0 fully saturated rings. The molecule has 0 aliphatic rings. The smallest absolute Gasteiger partial charge is 0.194 e. The van der Waals surface area contributed by atoms with Crippen LogP contribution in [0.3, 0.4) is 0 Å². The fourth-order valence-corrected chi connectivity index (χ4v) is 2.18. The van der Waals surface area contributed by atoms with Crippen LogP contribution in [0.15, 0.2) is 36.4 Å². The van der Waals surface area contributed by atoms with E-state index in [9.17, 15) is 9.18 Å². The second-order valence-corrected chi connectivity index (χ2v) is 4.76. The van der Waals surface area contributed by atoms with Gasteiger partial charge in [-0.05, 0) is 48.9 Å². The molecule has 4 heteroatoms. The van der Waals surface area contributed by atoms with Crippen LogP contribution in [0.4, 0.5) is 4.39 Å². The Bertz CT molecular complexity index is 570. The Morgan fingerprint density at radius 1 is 1.06 bits per heavy atom. The van der Waals surface area contributed by atoms with E-state index in [-0.39, 0.29) is 16.4 Å². The molecule has 2 aromatic carbocycles. The van der Waals surface area contributed by atoms with E-state index in [4.69, 9.17) is 23.2 Å². The van der Waals surface area contributed by atoms with Crippen molar-refractivity contribution in [2.75, 3.05) is 0 Å². The molecule has 0 aliphatic heterocycles. The third kappa shape index (κ3) is 2.55. The van der Waals surface area contributed by atoms with Crippen molar-refractivity contribution in [1.29, 1.82) is 0 Å². The van der Waals surface area contributed by atoms with Crippen molar-refractivity contribution in [1.82, 2.24) is 0 Å². The van der Waals surface area contributed by atoms with Crippen molar-refractivity contribution >= 4 is 29.0 Å². The number of rotatable bonds is 2. The lowest BCUT2D eigenvalue weighted by Gasteiger charge is -2.07. The molecule has 0 saturated heterocycles. The van der Waals surface area contributed by atoms with E-state index in [0.717, 1.165) is 11.6 Å². The molecule has 0 heterocycles. The number of hydrogen-bond acceptors (Lipinski definition) is 1. The number of aryl methyl sites for hydroxylation is 1. The summed E-state index contributed by atoms with van der Waals surface area (Å²) in [6.45, 7) is 1.79. The molecular weight excluding hydrogens is 274 g/mol. The van der Waals surface area contributed by atoms with Gasteiger partial charge in [-0.2, -0.15) is 0 Å².